The number of para-hydroxylation sites is 1. The van der Waals surface area contributed by atoms with Gasteiger partial charge in [-0.1, -0.05) is 48.5 Å². The molecule has 0 aliphatic rings. The summed E-state index contributed by atoms with van der Waals surface area (Å²) in [6, 6.07) is 23.1. The first-order chi connectivity index (χ1) is 13.0. The second kappa shape index (κ2) is 6.56. The van der Waals surface area contributed by atoms with Gasteiger partial charge < -0.3 is 15.0 Å². The lowest BCUT2D eigenvalue weighted by atomic mass is 9.95. The molecule has 0 saturated carbocycles. The number of aryl methyl sites for hydroxylation is 1. The Bertz CT molecular complexity index is 1130. The van der Waals surface area contributed by atoms with Gasteiger partial charge in [0.1, 0.15) is 0 Å². The highest BCUT2D eigenvalue weighted by Crippen LogP contribution is 2.31. The van der Waals surface area contributed by atoms with Crippen molar-refractivity contribution in [3.63, 3.8) is 0 Å². The molecule has 1 amide bonds. The van der Waals surface area contributed by atoms with Gasteiger partial charge in [0.25, 0.3) is 5.91 Å². The molecule has 0 bridgehead atoms. The summed E-state index contributed by atoms with van der Waals surface area (Å²) in [5, 5.41) is 15.8. The van der Waals surface area contributed by atoms with E-state index >= 15 is 0 Å². The molecule has 3 aromatic carbocycles. The van der Waals surface area contributed by atoms with Gasteiger partial charge in [0.15, 0.2) is 5.60 Å². The van der Waals surface area contributed by atoms with Gasteiger partial charge >= 0.3 is 0 Å². The van der Waals surface area contributed by atoms with Gasteiger partial charge in [-0.25, -0.2) is 0 Å². The molecule has 0 saturated heterocycles. The molecule has 2 N–H and O–H groups in total. The highest BCUT2D eigenvalue weighted by Gasteiger charge is 2.32. The third kappa shape index (κ3) is 2.88. The fraction of sp³-hybridized carbons (Fsp3) is 0.174. The minimum absolute atomic E-state index is 0.452. The summed E-state index contributed by atoms with van der Waals surface area (Å²) >= 11 is 0. The summed E-state index contributed by atoms with van der Waals surface area (Å²) in [7, 11) is 0. The van der Waals surface area contributed by atoms with Gasteiger partial charge in [-0.2, -0.15) is 0 Å². The summed E-state index contributed by atoms with van der Waals surface area (Å²) in [5.41, 5.74) is 1.93. The molecule has 0 radical (unpaired) electrons. The number of amides is 1. The summed E-state index contributed by atoms with van der Waals surface area (Å²) in [5.74, 6) is -0.452. The predicted octanol–water partition coefficient (Wildman–Crippen LogP) is 4.66. The van der Waals surface area contributed by atoms with E-state index in [-0.39, 0.29) is 0 Å². The lowest BCUT2D eigenvalue weighted by Gasteiger charge is -2.22. The molecule has 136 valence electrons. The lowest BCUT2D eigenvalue weighted by molar-refractivity contribution is -0.133. The molecule has 4 rings (SSSR count). The van der Waals surface area contributed by atoms with Gasteiger partial charge in [-0.05, 0) is 43.7 Å². The van der Waals surface area contributed by atoms with E-state index in [0.29, 0.717) is 11.3 Å². The van der Waals surface area contributed by atoms with Crippen LogP contribution in [0.5, 0.6) is 0 Å². The smallest absolute Gasteiger partial charge is 0.260 e. The molecule has 0 aliphatic heterocycles. The van der Waals surface area contributed by atoms with E-state index in [1.165, 1.54) is 12.4 Å². The summed E-state index contributed by atoms with van der Waals surface area (Å²) in [4.78, 5) is 12.7. The Labute approximate surface area is 158 Å². The number of anilines is 1. The maximum atomic E-state index is 12.7. The van der Waals surface area contributed by atoms with Crippen LogP contribution in [0.2, 0.25) is 0 Å². The minimum atomic E-state index is -1.60. The fourth-order valence-corrected chi connectivity index (χ4v) is 3.62. The normalized spacial score (nSPS) is 13.6. The molecule has 27 heavy (non-hydrogen) atoms. The number of nitrogens with one attached hydrogen (secondary N) is 1. The van der Waals surface area contributed by atoms with Crippen molar-refractivity contribution in [1.82, 2.24) is 4.57 Å². The Morgan fingerprint density at radius 2 is 1.63 bits per heavy atom. The molecule has 4 aromatic rings. The van der Waals surface area contributed by atoms with Crippen molar-refractivity contribution >= 4 is 33.4 Å². The molecule has 0 spiro atoms. The Balaban J connectivity index is 1.73. The van der Waals surface area contributed by atoms with Crippen molar-refractivity contribution in [3.8, 4) is 0 Å². The van der Waals surface area contributed by atoms with Gasteiger partial charge in [-0.3, -0.25) is 4.79 Å². The first-order valence-corrected chi connectivity index (χ1v) is 9.12. The number of hydrogen-bond acceptors (Lipinski definition) is 2. The van der Waals surface area contributed by atoms with E-state index in [0.717, 1.165) is 22.8 Å². The van der Waals surface area contributed by atoms with E-state index < -0.39 is 11.5 Å². The summed E-state index contributed by atoms with van der Waals surface area (Å²) in [6.45, 7) is 4.51. The summed E-state index contributed by atoms with van der Waals surface area (Å²) < 4.78 is 2.26. The van der Waals surface area contributed by atoms with Crippen LogP contribution in [0, 0.1) is 0 Å². The number of hydrogen-bond donors (Lipinski definition) is 2. The van der Waals surface area contributed by atoms with Gasteiger partial charge in [0.05, 0.1) is 0 Å². The molecule has 4 heteroatoms. The zero-order chi connectivity index (χ0) is 19.0. The number of carbonyl (C=O) groups excluding carboxylic acids is 1. The molecule has 1 atom stereocenters. The average molecular weight is 358 g/mol. The standard InChI is InChI=1S/C23H22N2O2/c1-3-25-20-12-8-7-11-18(20)19-15-17(13-14-21(19)25)24-22(26)23(2,27)16-9-5-4-6-10-16/h4-15,27H,3H2,1-2H3,(H,24,26)/t23-/m1/s1. The topological polar surface area (TPSA) is 54.3 Å². The van der Waals surface area contributed by atoms with Crippen LogP contribution in [-0.2, 0) is 16.9 Å². The maximum Gasteiger partial charge on any atom is 0.260 e. The Morgan fingerprint density at radius 1 is 0.963 bits per heavy atom. The molecule has 0 aliphatic carbocycles. The van der Waals surface area contributed by atoms with Crippen LogP contribution < -0.4 is 5.32 Å². The second-order valence-corrected chi connectivity index (χ2v) is 6.89. The molecular weight excluding hydrogens is 336 g/mol. The zero-order valence-corrected chi connectivity index (χ0v) is 15.4. The van der Waals surface area contributed by atoms with Gasteiger partial charge in [0.2, 0.25) is 0 Å². The van der Waals surface area contributed by atoms with Crippen LogP contribution in [0.4, 0.5) is 5.69 Å². The third-order valence-electron chi connectivity index (χ3n) is 5.12. The number of carbonyl (C=O) groups is 1. The number of fused-ring (bicyclic) bond motifs is 3. The van der Waals surface area contributed by atoms with Crippen molar-refractivity contribution in [2.45, 2.75) is 26.0 Å². The van der Waals surface area contributed by atoms with E-state index in [2.05, 4.69) is 28.9 Å². The number of aromatic nitrogens is 1. The van der Waals surface area contributed by atoms with Crippen molar-refractivity contribution in [2.24, 2.45) is 0 Å². The highest BCUT2D eigenvalue weighted by molar-refractivity contribution is 6.10. The second-order valence-electron chi connectivity index (χ2n) is 6.89. The highest BCUT2D eigenvalue weighted by atomic mass is 16.3. The first-order valence-electron chi connectivity index (χ1n) is 9.12. The molecule has 1 aromatic heterocycles. The predicted molar refractivity (Wildman–Crippen MR) is 110 cm³/mol. The van der Waals surface area contributed by atoms with Crippen LogP contribution >= 0.6 is 0 Å². The molecule has 0 fully saturated rings. The number of rotatable bonds is 4. The third-order valence-corrected chi connectivity index (χ3v) is 5.12. The van der Waals surface area contributed by atoms with E-state index in [4.69, 9.17) is 0 Å². The number of aliphatic hydroxyl groups is 1. The lowest BCUT2D eigenvalue weighted by Crippen LogP contribution is -2.37. The van der Waals surface area contributed by atoms with Crippen molar-refractivity contribution in [2.75, 3.05) is 5.32 Å². The van der Waals surface area contributed by atoms with Crippen LogP contribution in [0.15, 0.2) is 72.8 Å². The Hall–Kier alpha value is -3.11. The monoisotopic (exact) mass is 358 g/mol. The SMILES string of the molecule is CCn1c2ccccc2c2cc(NC(=O)[C@](C)(O)c3ccccc3)ccc21. The molecular formula is C23H22N2O2. The minimum Gasteiger partial charge on any atom is -0.376 e. The van der Waals surface area contributed by atoms with Crippen LogP contribution in [-0.4, -0.2) is 15.6 Å². The van der Waals surface area contributed by atoms with E-state index in [9.17, 15) is 9.90 Å². The van der Waals surface area contributed by atoms with Gasteiger partial charge in [0, 0.05) is 34.0 Å². The molecule has 1 heterocycles. The van der Waals surface area contributed by atoms with Crippen molar-refractivity contribution in [1.29, 1.82) is 0 Å². The largest absolute Gasteiger partial charge is 0.376 e. The first kappa shape index (κ1) is 17.3. The average Bonchev–Trinajstić information content (AvgIpc) is 3.01. The molecule has 0 unspecified atom stereocenters. The Kier molecular flexibility index (Phi) is 4.21. The van der Waals surface area contributed by atoms with Crippen molar-refractivity contribution < 1.29 is 9.90 Å². The maximum absolute atomic E-state index is 12.7. The van der Waals surface area contributed by atoms with E-state index in [1.807, 2.05) is 48.5 Å². The molecule has 4 nitrogen and oxygen atoms in total. The fourth-order valence-electron chi connectivity index (χ4n) is 3.62. The summed E-state index contributed by atoms with van der Waals surface area (Å²) in [6.07, 6.45) is 0. The van der Waals surface area contributed by atoms with Gasteiger partial charge in [-0.15, -0.1) is 0 Å². The van der Waals surface area contributed by atoms with Crippen LogP contribution in [0.25, 0.3) is 21.8 Å². The quantitative estimate of drug-likeness (QED) is 0.557. The van der Waals surface area contributed by atoms with Crippen LogP contribution in [0.1, 0.15) is 19.4 Å². The van der Waals surface area contributed by atoms with Crippen molar-refractivity contribution in [3.05, 3.63) is 78.4 Å². The number of nitrogens with zero attached hydrogens (tertiary/aromatic N) is 1. The van der Waals surface area contributed by atoms with Crippen LogP contribution in [0.3, 0.4) is 0 Å². The number of benzene rings is 3. The zero-order valence-electron chi connectivity index (χ0n) is 15.4. The Morgan fingerprint density at radius 3 is 2.37 bits per heavy atom. The van der Waals surface area contributed by atoms with E-state index in [1.54, 1.807) is 12.1 Å².